The van der Waals surface area contributed by atoms with E-state index in [1.54, 1.807) is 0 Å². The first-order valence-electron chi connectivity index (χ1n) is 4.19. The highest BCUT2D eigenvalue weighted by Gasteiger charge is 2.58. The quantitative estimate of drug-likeness (QED) is 0.285. The van der Waals surface area contributed by atoms with Gasteiger partial charge in [0.15, 0.2) is 0 Å². The Balaban J connectivity index is 2.89. The summed E-state index contributed by atoms with van der Waals surface area (Å²) in [5.74, 6) is -1.67. The fraction of sp³-hybridized carbons (Fsp3) is 0.857. The molecule has 1 rings (SSSR count). The van der Waals surface area contributed by atoms with Gasteiger partial charge < -0.3 is 30.3 Å². The number of hydrogen-bond donors (Lipinski definition) is 6. The zero-order valence-corrected chi connectivity index (χ0v) is 7.65. The molecular weight excluding hydrogens is 210 g/mol. The number of aliphatic hydroxyl groups excluding tert-OH is 4. The average molecular weight is 223 g/mol. The molecule has 1 aliphatic heterocycles. The molecule has 2 unspecified atom stereocenters. The Morgan fingerprint density at radius 1 is 1.53 bits per heavy atom. The summed E-state index contributed by atoms with van der Waals surface area (Å²) in [7, 11) is 0. The predicted octanol–water partition coefficient (Wildman–Crippen LogP) is -3.80. The number of carboxylic acid groups (broad SMARTS) is 1. The largest absolute Gasteiger partial charge is 0.478 e. The molecule has 0 aliphatic carbocycles. The van der Waals surface area contributed by atoms with Gasteiger partial charge in [0.2, 0.25) is 5.72 Å². The summed E-state index contributed by atoms with van der Waals surface area (Å²) in [5, 5.41) is 45.1. The highest BCUT2D eigenvalue weighted by Crippen LogP contribution is 2.29. The average Bonchev–Trinajstić information content (AvgIpc) is 2.43. The van der Waals surface area contributed by atoms with E-state index in [2.05, 4.69) is 4.74 Å². The summed E-state index contributed by atoms with van der Waals surface area (Å²) in [6, 6.07) is 0. The Kier molecular flexibility index (Phi) is 3.28. The van der Waals surface area contributed by atoms with Crippen molar-refractivity contribution in [2.75, 3.05) is 6.61 Å². The third kappa shape index (κ3) is 1.83. The first kappa shape index (κ1) is 12.3. The van der Waals surface area contributed by atoms with Crippen LogP contribution in [0.25, 0.3) is 0 Å². The van der Waals surface area contributed by atoms with Gasteiger partial charge in [0, 0.05) is 0 Å². The Labute approximate surface area is 84.5 Å². The van der Waals surface area contributed by atoms with Crippen molar-refractivity contribution in [3.63, 3.8) is 0 Å². The van der Waals surface area contributed by atoms with Crippen molar-refractivity contribution in [1.82, 2.24) is 0 Å². The number of aliphatic hydroxyl groups is 4. The fourth-order valence-corrected chi connectivity index (χ4v) is 1.38. The molecule has 1 aliphatic rings. The summed E-state index contributed by atoms with van der Waals surface area (Å²) < 4.78 is 4.66. The van der Waals surface area contributed by atoms with Gasteiger partial charge in [-0.1, -0.05) is 0 Å². The SMILES string of the molecule is NC1(C(=O)O)O[C@H]([C@H](O)CO)[C@H](O)C1O. The van der Waals surface area contributed by atoms with E-state index in [-0.39, 0.29) is 0 Å². The maximum atomic E-state index is 10.7. The second kappa shape index (κ2) is 4.00. The molecule has 0 spiro atoms. The number of carbonyl (C=O) groups is 1. The van der Waals surface area contributed by atoms with Crippen molar-refractivity contribution in [3.05, 3.63) is 0 Å². The normalized spacial score (nSPS) is 42.9. The van der Waals surface area contributed by atoms with Crippen LogP contribution < -0.4 is 5.73 Å². The van der Waals surface area contributed by atoms with Crippen molar-refractivity contribution in [2.45, 2.75) is 30.1 Å². The van der Waals surface area contributed by atoms with Crippen molar-refractivity contribution < 1.29 is 35.1 Å². The summed E-state index contributed by atoms with van der Waals surface area (Å²) >= 11 is 0. The first-order valence-corrected chi connectivity index (χ1v) is 4.19. The lowest BCUT2D eigenvalue weighted by molar-refractivity contribution is -0.177. The minimum absolute atomic E-state index is 0.746. The second-order valence-corrected chi connectivity index (χ2v) is 3.37. The molecule has 15 heavy (non-hydrogen) atoms. The lowest BCUT2D eigenvalue weighted by atomic mass is 10.0. The van der Waals surface area contributed by atoms with Crippen molar-refractivity contribution in [3.8, 4) is 0 Å². The monoisotopic (exact) mass is 223 g/mol. The molecule has 1 saturated heterocycles. The van der Waals surface area contributed by atoms with E-state index >= 15 is 0 Å². The molecule has 0 amide bonds. The van der Waals surface area contributed by atoms with Crippen LogP contribution in [-0.2, 0) is 9.53 Å². The summed E-state index contributed by atoms with van der Waals surface area (Å²) in [6.07, 6.45) is -6.50. The molecule has 1 fully saturated rings. The summed E-state index contributed by atoms with van der Waals surface area (Å²) in [5.41, 5.74) is 2.72. The van der Waals surface area contributed by atoms with Crippen LogP contribution in [0, 0.1) is 0 Å². The van der Waals surface area contributed by atoms with Crippen LogP contribution in [0.1, 0.15) is 0 Å². The van der Waals surface area contributed by atoms with Crippen LogP contribution in [0.5, 0.6) is 0 Å². The van der Waals surface area contributed by atoms with E-state index in [0.717, 1.165) is 0 Å². The first-order chi connectivity index (χ1) is 6.84. The van der Waals surface area contributed by atoms with Crippen LogP contribution in [-0.4, -0.2) is 68.2 Å². The van der Waals surface area contributed by atoms with Gasteiger partial charge in [-0.25, -0.2) is 4.79 Å². The van der Waals surface area contributed by atoms with Crippen molar-refractivity contribution in [2.24, 2.45) is 5.73 Å². The third-order valence-electron chi connectivity index (χ3n) is 2.33. The topological polar surface area (TPSA) is 153 Å². The highest BCUT2D eigenvalue weighted by molar-refractivity contribution is 5.78. The van der Waals surface area contributed by atoms with Crippen LogP contribution in [0.2, 0.25) is 0 Å². The number of ether oxygens (including phenoxy) is 1. The Morgan fingerprint density at radius 3 is 2.40 bits per heavy atom. The Hall–Kier alpha value is -0.770. The number of rotatable bonds is 3. The fourth-order valence-electron chi connectivity index (χ4n) is 1.38. The molecule has 0 saturated carbocycles. The molecule has 8 heteroatoms. The molecule has 0 bridgehead atoms. The molecule has 0 radical (unpaired) electrons. The molecule has 1 heterocycles. The van der Waals surface area contributed by atoms with Gasteiger partial charge in [-0.3, -0.25) is 5.73 Å². The Morgan fingerprint density at radius 2 is 2.07 bits per heavy atom. The van der Waals surface area contributed by atoms with Crippen LogP contribution >= 0.6 is 0 Å². The highest BCUT2D eigenvalue weighted by atomic mass is 16.6. The maximum Gasteiger partial charge on any atom is 0.354 e. The molecule has 5 atom stereocenters. The van der Waals surface area contributed by atoms with Gasteiger partial charge in [-0.05, 0) is 0 Å². The van der Waals surface area contributed by atoms with Gasteiger partial charge in [0.25, 0.3) is 0 Å². The van der Waals surface area contributed by atoms with Crippen LogP contribution in [0.4, 0.5) is 0 Å². The standard InChI is InChI=1S/C7H13NO7/c8-7(6(13)14)5(12)3(11)4(15-7)2(10)1-9/h2-5,9-12H,1,8H2,(H,13,14)/t2-,3+,4-,5?,7?/m1/s1. The summed E-state index contributed by atoms with van der Waals surface area (Å²) in [6.45, 7) is -0.746. The molecule has 7 N–H and O–H groups in total. The lowest BCUT2D eigenvalue weighted by Gasteiger charge is -2.22. The van der Waals surface area contributed by atoms with E-state index in [9.17, 15) is 15.0 Å². The molecule has 88 valence electrons. The number of nitrogens with two attached hydrogens (primary N) is 1. The molecular formula is C7H13NO7. The van der Waals surface area contributed by atoms with Gasteiger partial charge >= 0.3 is 5.97 Å². The lowest BCUT2D eigenvalue weighted by Crippen LogP contribution is -2.57. The van der Waals surface area contributed by atoms with Crippen molar-refractivity contribution in [1.29, 1.82) is 0 Å². The van der Waals surface area contributed by atoms with Gasteiger partial charge in [-0.2, -0.15) is 0 Å². The third-order valence-corrected chi connectivity index (χ3v) is 2.33. The minimum Gasteiger partial charge on any atom is -0.478 e. The van der Waals surface area contributed by atoms with E-state index < -0.39 is 42.7 Å². The number of aliphatic carboxylic acids is 1. The van der Waals surface area contributed by atoms with Gasteiger partial charge in [0.1, 0.15) is 24.4 Å². The zero-order chi connectivity index (χ0) is 11.8. The molecule has 0 aromatic rings. The van der Waals surface area contributed by atoms with Crippen molar-refractivity contribution >= 4 is 5.97 Å². The van der Waals surface area contributed by atoms with E-state index in [1.807, 2.05) is 0 Å². The van der Waals surface area contributed by atoms with Crippen LogP contribution in [0.15, 0.2) is 0 Å². The number of hydrogen-bond acceptors (Lipinski definition) is 7. The van der Waals surface area contributed by atoms with Gasteiger partial charge in [0.05, 0.1) is 6.61 Å². The number of carboxylic acids is 1. The van der Waals surface area contributed by atoms with Crippen LogP contribution in [0.3, 0.4) is 0 Å². The molecule has 0 aromatic carbocycles. The molecule has 8 nitrogen and oxygen atoms in total. The zero-order valence-electron chi connectivity index (χ0n) is 7.65. The maximum absolute atomic E-state index is 10.7. The van der Waals surface area contributed by atoms with E-state index in [4.69, 9.17) is 21.1 Å². The van der Waals surface area contributed by atoms with Gasteiger partial charge in [-0.15, -0.1) is 0 Å². The smallest absolute Gasteiger partial charge is 0.354 e. The van der Waals surface area contributed by atoms with E-state index in [0.29, 0.717) is 0 Å². The predicted molar refractivity (Wildman–Crippen MR) is 44.5 cm³/mol. The molecule has 0 aromatic heterocycles. The summed E-state index contributed by atoms with van der Waals surface area (Å²) in [4.78, 5) is 10.7. The Bertz CT molecular complexity index is 260. The van der Waals surface area contributed by atoms with E-state index in [1.165, 1.54) is 0 Å². The second-order valence-electron chi connectivity index (χ2n) is 3.37. The minimum atomic E-state index is -2.47.